The minimum Gasteiger partial charge on any atom is -0.387 e. The molecule has 4 unspecified atom stereocenters. The normalized spacial score (nSPS) is 35.2. The van der Waals surface area contributed by atoms with Crippen LogP contribution in [0.2, 0.25) is 0 Å². The van der Waals surface area contributed by atoms with Gasteiger partial charge in [0.25, 0.3) is 0 Å². The van der Waals surface area contributed by atoms with Gasteiger partial charge in [0.1, 0.15) is 36.6 Å². The zero-order valence-electron chi connectivity index (χ0n) is 23.3. The summed E-state index contributed by atoms with van der Waals surface area (Å²) in [4.78, 5) is 0. The molecule has 3 aliphatic rings. The van der Waals surface area contributed by atoms with Crippen molar-refractivity contribution in [2.45, 2.75) is 95.1 Å². The molecule has 0 amide bonds. The Hall–Kier alpha value is -2.18. The summed E-state index contributed by atoms with van der Waals surface area (Å²) in [6.07, 6.45) is -4.30. The smallest absolute Gasteiger partial charge is 0.187 e. The van der Waals surface area contributed by atoms with Gasteiger partial charge in [-0.2, -0.15) is 0 Å². The molecule has 9 nitrogen and oxygen atoms in total. The monoisotopic (exact) mass is 556 g/mol. The second-order valence-corrected chi connectivity index (χ2v) is 10.8. The largest absolute Gasteiger partial charge is 0.387 e. The first kappa shape index (κ1) is 29.3. The topological polar surface area (TPSA) is 94.1 Å². The summed E-state index contributed by atoms with van der Waals surface area (Å²) >= 11 is 0. The van der Waals surface area contributed by atoms with E-state index in [9.17, 15) is 5.11 Å². The summed E-state index contributed by atoms with van der Waals surface area (Å²) in [6.45, 7) is 10.4. The molecule has 3 fully saturated rings. The Morgan fingerprint density at radius 3 is 2.15 bits per heavy atom. The molecular weight excluding hydrogens is 516 g/mol. The van der Waals surface area contributed by atoms with E-state index in [1.807, 2.05) is 81.4 Å². The highest BCUT2D eigenvalue weighted by Crippen LogP contribution is 2.40. The van der Waals surface area contributed by atoms with Gasteiger partial charge < -0.3 is 43.0 Å². The highest BCUT2D eigenvalue weighted by atomic mass is 16.8. The Morgan fingerprint density at radius 1 is 0.875 bits per heavy atom. The van der Waals surface area contributed by atoms with Crippen molar-refractivity contribution in [2.24, 2.45) is 0 Å². The zero-order valence-corrected chi connectivity index (χ0v) is 23.3. The number of fused-ring (bicyclic) bond motifs is 1. The lowest BCUT2D eigenvalue weighted by Gasteiger charge is -2.45. The van der Waals surface area contributed by atoms with Crippen molar-refractivity contribution in [1.29, 1.82) is 0 Å². The van der Waals surface area contributed by atoms with E-state index >= 15 is 0 Å². The van der Waals surface area contributed by atoms with Crippen molar-refractivity contribution < 1.29 is 43.0 Å². The summed E-state index contributed by atoms with van der Waals surface area (Å²) in [5.41, 5.74) is 1.97. The van der Waals surface area contributed by atoms with E-state index in [1.54, 1.807) is 6.08 Å². The van der Waals surface area contributed by atoms with Crippen LogP contribution in [-0.4, -0.2) is 79.4 Å². The van der Waals surface area contributed by atoms with Crippen LogP contribution >= 0.6 is 0 Å². The van der Waals surface area contributed by atoms with Crippen LogP contribution in [0, 0.1) is 0 Å². The molecular formula is C31H40O9. The molecule has 9 heteroatoms. The standard InChI is InChI=1S/C31H40O9/c1-5-16-33-30-28-27(39-31(3,4)40-28)25(20(2)37-30)38-29-26(35-18-22-14-10-7-11-15-22)24(32)23(19-36-29)34-17-21-12-8-6-9-13-21/h5-15,20,23-30,32H,1,16-19H2,2-4H3/t20-,23-,24?,25+,26?,27?,28?,29+,30-/m1/s1. The van der Waals surface area contributed by atoms with Crippen molar-refractivity contribution in [1.82, 2.24) is 0 Å². The van der Waals surface area contributed by atoms with Gasteiger partial charge in [0.05, 0.1) is 32.5 Å². The third kappa shape index (κ3) is 6.99. The van der Waals surface area contributed by atoms with Crippen molar-refractivity contribution in [3.05, 3.63) is 84.4 Å². The maximum atomic E-state index is 11.4. The molecule has 9 atom stereocenters. The molecule has 5 rings (SSSR count). The lowest BCUT2D eigenvalue weighted by Crippen LogP contribution is -2.61. The molecule has 0 saturated carbocycles. The van der Waals surface area contributed by atoms with Gasteiger partial charge in [0.2, 0.25) is 0 Å². The number of aliphatic hydroxyl groups excluding tert-OH is 1. The second-order valence-electron chi connectivity index (χ2n) is 10.8. The lowest BCUT2D eigenvalue weighted by atomic mass is 9.98. The number of benzene rings is 2. The zero-order chi connectivity index (χ0) is 28.1. The molecule has 2 aromatic carbocycles. The minimum atomic E-state index is -0.998. The third-order valence-electron chi connectivity index (χ3n) is 7.24. The summed E-state index contributed by atoms with van der Waals surface area (Å²) in [5.74, 6) is -0.854. The van der Waals surface area contributed by atoms with Crippen molar-refractivity contribution in [3.63, 3.8) is 0 Å². The third-order valence-corrected chi connectivity index (χ3v) is 7.24. The molecule has 0 radical (unpaired) electrons. The second kappa shape index (κ2) is 13.2. The Bertz CT molecular complexity index is 1060. The molecule has 3 saturated heterocycles. The first-order chi connectivity index (χ1) is 19.3. The summed E-state index contributed by atoms with van der Waals surface area (Å²) in [6, 6.07) is 19.6. The lowest BCUT2D eigenvalue weighted by molar-refractivity contribution is -0.338. The summed E-state index contributed by atoms with van der Waals surface area (Å²) in [5, 5.41) is 11.4. The number of hydrogen-bond acceptors (Lipinski definition) is 9. The van der Waals surface area contributed by atoms with Gasteiger partial charge in [0.15, 0.2) is 18.4 Å². The average molecular weight is 557 g/mol. The van der Waals surface area contributed by atoms with Gasteiger partial charge in [0, 0.05) is 0 Å². The number of aliphatic hydroxyl groups is 1. The molecule has 218 valence electrons. The van der Waals surface area contributed by atoms with Crippen molar-refractivity contribution >= 4 is 0 Å². The molecule has 2 aromatic rings. The maximum absolute atomic E-state index is 11.4. The minimum absolute atomic E-state index is 0.133. The SMILES string of the molecule is C=CCO[C@@H]1O[C@H](C)[C@H](O[C@@H]2OC[C@@H](OCc3ccccc3)C(O)C2OCc2ccccc2)C2OC(C)(C)OC21. The fourth-order valence-electron chi connectivity index (χ4n) is 5.30. The first-order valence-electron chi connectivity index (χ1n) is 13.8. The predicted octanol–water partition coefficient (Wildman–Crippen LogP) is 3.73. The van der Waals surface area contributed by atoms with Crippen LogP contribution in [-0.2, 0) is 51.1 Å². The number of rotatable bonds is 11. The van der Waals surface area contributed by atoms with E-state index in [0.29, 0.717) is 13.2 Å². The van der Waals surface area contributed by atoms with Gasteiger partial charge in [-0.05, 0) is 31.9 Å². The first-order valence-corrected chi connectivity index (χ1v) is 13.8. The van der Waals surface area contributed by atoms with Gasteiger partial charge in [-0.1, -0.05) is 66.7 Å². The van der Waals surface area contributed by atoms with E-state index in [0.717, 1.165) is 11.1 Å². The average Bonchev–Trinajstić information content (AvgIpc) is 3.29. The highest BCUT2D eigenvalue weighted by Gasteiger charge is 2.57. The van der Waals surface area contributed by atoms with Crippen LogP contribution in [0.5, 0.6) is 0 Å². The number of ether oxygens (including phenoxy) is 8. The maximum Gasteiger partial charge on any atom is 0.187 e. The van der Waals surface area contributed by atoms with Gasteiger partial charge in [-0.15, -0.1) is 6.58 Å². The molecule has 0 aliphatic carbocycles. The summed E-state index contributed by atoms with van der Waals surface area (Å²) in [7, 11) is 0. The quantitative estimate of drug-likeness (QED) is 0.416. The Balaban J connectivity index is 1.31. The van der Waals surface area contributed by atoms with Crippen LogP contribution in [0.15, 0.2) is 73.3 Å². The molecule has 40 heavy (non-hydrogen) atoms. The van der Waals surface area contributed by atoms with E-state index in [1.165, 1.54) is 0 Å². The fraction of sp³-hybridized carbons (Fsp3) is 0.548. The Morgan fingerprint density at radius 2 is 1.50 bits per heavy atom. The summed E-state index contributed by atoms with van der Waals surface area (Å²) < 4.78 is 49.4. The molecule has 0 aromatic heterocycles. The van der Waals surface area contributed by atoms with E-state index in [2.05, 4.69) is 6.58 Å². The molecule has 3 aliphatic heterocycles. The molecule has 0 spiro atoms. The van der Waals surface area contributed by atoms with Gasteiger partial charge >= 0.3 is 0 Å². The fourth-order valence-corrected chi connectivity index (χ4v) is 5.30. The van der Waals surface area contributed by atoms with Crippen LogP contribution in [0.4, 0.5) is 0 Å². The van der Waals surface area contributed by atoms with E-state index in [4.69, 9.17) is 37.9 Å². The molecule has 1 N–H and O–H groups in total. The van der Waals surface area contributed by atoms with Crippen LogP contribution in [0.25, 0.3) is 0 Å². The van der Waals surface area contributed by atoms with Crippen molar-refractivity contribution in [2.75, 3.05) is 13.2 Å². The Labute approximate surface area is 235 Å². The van der Waals surface area contributed by atoms with E-state index < -0.39 is 61.1 Å². The van der Waals surface area contributed by atoms with Crippen LogP contribution in [0.1, 0.15) is 31.9 Å². The highest BCUT2D eigenvalue weighted by molar-refractivity contribution is 5.14. The van der Waals surface area contributed by atoms with Crippen LogP contribution in [0.3, 0.4) is 0 Å². The van der Waals surface area contributed by atoms with Gasteiger partial charge in [-0.25, -0.2) is 0 Å². The number of hydrogen-bond donors (Lipinski definition) is 1. The Kier molecular flexibility index (Phi) is 9.68. The van der Waals surface area contributed by atoms with Gasteiger partial charge in [-0.3, -0.25) is 0 Å². The molecule has 3 heterocycles. The van der Waals surface area contributed by atoms with Crippen LogP contribution < -0.4 is 0 Å². The van der Waals surface area contributed by atoms with E-state index in [-0.39, 0.29) is 13.2 Å². The van der Waals surface area contributed by atoms with Crippen molar-refractivity contribution in [3.8, 4) is 0 Å². The molecule has 0 bridgehead atoms. The predicted molar refractivity (Wildman–Crippen MR) is 145 cm³/mol.